The Morgan fingerprint density at radius 2 is 1.36 bits per heavy atom. The van der Waals surface area contributed by atoms with Gasteiger partial charge in [0, 0.05) is 29.7 Å². The molecule has 22 heavy (non-hydrogen) atoms. The average Bonchev–Trinajstić information content (AvgIpc) is 2.56. The molecule has 0 saturated carbocycles. The quantitative estimate of drug-likeness (QED) is 0.599. The fraction of sp³-hybridized carbons (Fsp3) is 0.333. The van der Waals surface area contributed by atoms with Gasteiger partial charge in [-0.1, -0.05) is 56.3 Å². The minimum absolute atomic E-state index is 0.719. The van der Waals surface area contributed by atoms with E-state index in [0.29, 0.717) is 0 Å². The van der Waals surface area contributed by atoms with Crippen LogP contribution in [0, 0.1) is 0 Å². The largest absolute Gasteiger partial charge is 0.424 e. The predicted octanol–water partition coefficient (Wildman–Crippen LogP) is 3.48. The molecule has 0 aromatic heterocycles. The first kappa shape index (κ1) is 16.7. The first-order chi connectivity index (χ1) is 10.8. The summed E-state index contributed by atoms with van der Waals surface area (Å²) < 4.78 is 12.0. The van der Waals surface area contributed by atoms with Gasteiger partial charge in [0.15, 0.2) is 0 Å². The molecule has 0 aliphatic heterocycles. The van der Waals surface area contributed by atoms with Gasteiger partial charge in [0.05, 0.1) is 0 Å². The Hall–Kier alpha value is -1.62. The van der Waals surface area contributed by atoms with E-state index in [4.69, 9.17) is 14.6 Å². The van der Waals surface area contributed by atoms with Crippen LogP contribution in [0.25, 0.3) is 11.1 Å². The summed E-state index contributed by atoms with van der Waals surface area (Å²) in [4.78, 5) is 0. The third kappa shape index (κ3) is 4.19. The summed E-state index contributed by atoms with van der Waals surface area (Å²) in [5, 5.41) is 1.13. The van der Waals surface area contributed by atoms with Crippen LogP contribution in [0.1, 0.15) is 26.7 Å². The standard InChI is InChI=1S/C18H24NO2Si/c1-3-13-20-22(21-14-4-2)18-12-8-6-10-16(18)15-9-5-7-11-17(15)19/h5-12H,3-4,13-14,19H2,1-2H3. The van der Waals surface area contributed by atoms with Crippen molar-refractivity contribution in [3.05, 3.63) is 48.5 Å². The number of hydrogen-bond acceptors (Lipinski definition) is 3. The SMILES string of the molecule is CCCO[Si](OCCC)c1ccccc1-c1ccccc1N. The maximum Gasteiger partial charge on any atom is 0.424 e. The molecule has 2 aromatic carbocycles. The minimum atomic E-state index is -1.50. The van der Waals surface area contributed by atoms with E-state index in [9.17, 15) is 0 Å². The van der Waals surface area contributed by atoms with Gasteiger partial charge in [0.2, 0.25) is 0 Å². The van der Waals surface area contributed by atoms with Crippen LogP contribution in [0.5, 0.6) is 0 Å². The van der Waals surface area contributed by atoms with Crippen LogP contribution in [0.3, 0.4) is 0 Å². The molecule has 0 unspecified atom stereocenters. The summed E-state index contributed by atoms with van der Waals surface area (Å²) in [6.45, 7) is 5.66. The highest BCUT2D eigenvalue weighted by Crippen LogP contribution is 2.24. The molecule has 0 atom stereocenters. The number of benzene rings is 2. The number of rotatable bonds is 8. The van der Waals surface area contributed by atoms with Crippen molar-refractivity contribution in [3.8, 4) is 11.1 Å². The summed E-state index contributed by atoms with van der Waals surface area (Å²) >= 11 is 0. The zero-order valence-corrected chi connectivity index (χ0v) is 14.3. The van der Waals surface area contributed by atoms with Crippen molar-refractivity contribution in [2.24, 2.45) is 0 Å². The Balaban J connectivity index is 2.38. The number of anilines is 1. The Kier molecular flexibility index (Phi) is 6.64. The Morgan fingerprint density at radius 1 is 0.818 bits per heavy atom. The fourth-order valence-corrected chi connectivity index (χ4v) is 4.07. The lowest BCUT2D eigenvalue weighted by Crippen LogP contribution is -2.38. The van der Waals surface area contributed by atoms with Gasteiger partial charge in [-0.2, -0.15) is 0 Å². The maximum atomic E-state index is 6.15. The first-order valence-corrected chi connectivity index (χ1v) is 9.16. The van der Waals surface area contributed by atoms with Gasteiger partial charge in [-0.15, -0.1) is 0 Å². The van der Waals surface area contributed by atoms with Crippen molar-refractivity contribution in [1.29, 1.82) is 0 Å². The molecule has 2 rings (SSSR count). The van der Waals surface area contributed by atoms with Crippen LogP contribution in [0.4, 0.5) is 5.69 Å². The number of nitrogen functional groups attached to an aromatic ring is 1. The van der Waals surface area contributed by atoms with E-state index in [0.717, 1.165) is 48.1 Å². The van der Waals surface area contributed by atoms with Crippen LogP contribution in [0.2, 0.25) is 0 Å². The lowest BCUT2D eigenvalue weighted by Gasteiger charge is -2.19. The average molecular weight is 314 g/mol. The van der Waals surface area contributed by atoms with E-state index < -0.39 is 9.28 Å². The van der Waals surface area contributed by atoms with Crippen molar-refractivity contribution >= 4 is 20.2 Å². The highest BCUT2D eigenvalue weighted by Gasteiger charge is 2.23. The number of hydrogen-bond donors (Lipinski definition) is 1. The second kappa shape index (κ2) is 8.73. The number of para-hydroxylation sites is 1. The van der Waals surface area contributed by atoms with Crippen LogP contribution < -0.4 is 10.9 Å². The molecule has 4 heteroatoms. The second-order valence-corrected chi connectivity index (χ2v) is 6.81. The van der Waals surface area contributed by atoms with Gasteiger partial charge >= 0.3 is 9.28 Å². The molecule has 117 valence electrons. The zero-order chi connectivity index (χ0) is 15.8. The molecule has 0 aliphatic rings. The molecule has 1 radical (unpaired) electrons. The van der Waals surface area contributed by atoms with E-state index >= 15 is 0 Å². The monoisotopic (exact) mass is 314 g/mol. The van der Waals surface area contributed by atoms with Crippen molar-refractivity contribution < 1.29 is 8.85 Å². The van der Waals surface area contributed by atoms with E-state index in [1.165, 1.54) is 0 Å². The van der Waals surface area contributed by atoms with Crippen molar-refractivity contribution in [2.75, 3.05) is 18.9 Å². The molecule has 0 bridgehead atoms. The maximum absolute atomic E-state index is 6.15. The molecule has 0 amide bonds. The van der Waals surface area contributed by atoms with E-state index in [2.05, 4.69) is 26.0 Å². The summed E-state index contributed by atoms with van der Waals surface area (Å²) in [5.41, 5.74) is 9.09. The fourth-order valence-electron chi connectivity index (χ4n) is 2.22. The molecular weight excluding hydrogens is 290 g/mol. The van der Waals surface area contributed by atoms with E-state index in [1.807, 2.05) is 36.4 Å². The summed E-state index contributed by atoms with van der Waals surface area (Å²) in [5.74, 6) is 0. The Morgan fingerprint density at radius 3 is 1.95 bits per heavy atom. The Bertz CT molecular complexity index is 581. The smallest absolute Gasteiger partial charge is 0.398 e. The van der Waals surface area contributed by atoms with Crippen LogP contribution in [-0.2, 0) is 8.85 Å². The molecule has 0 fully saturated rings. The lowest BCUT2D eigenvalue weighted by molar-refractivity contribution is 0.207. The van der Waals surface area contributed by atoms with Gasteiger partial charge in [-0.05, 0) is 24.5 Å². The molecule has 2 aromatic rings. The third-order valence-corrected chi connectivity index (χ3v) is 5.08. The van der Waals surface area contributed by atoms with Crippen LogP contribution in [-0.4, -0.2) is 22.5 Å². The van der Waals surface area contributed by atoms with E-state index in [1.54, 1.807) is 0 Å². The van der Waals surface area contributed by atoms with Gasteiger partial charge in [-0.3, -0.25) is 0 Å². The topological polar surface area (TPSA) is 44.5 Å². The van der Waals surface area contributed by atoms with Crippen molar-refractivity contribution in [1.82, 2.24) is 0 Å². The second-order valence-electron chi connectivity index (χ2n) is 5.12. The molecule has 3 nitrogen and oxygen atoms in total. The first-order valence-electron chi connectivity index (χ1n) is 7.84. The minimum Gasteiger partial charge on any atom is -0.398 e. The number of nitrogens with two attached hydrogens (primary N) is 1. The van der Waals surface area contributed by atoms with Gasteiger partial charge in [0.25, 0.3) is 0 Å². The van der Waals surface area contributed by atoms with Crippen molar-refractivity contribution in [3.63, 3.8) is 0 Å². The molecule has 2 N–H and O–H groups in total. The molecular formula is C18H24NO2Si. The molecule has 0 aliphatic carbocycles. The zero-order valence-electron chi connectivity index (χ0n) is 13.3. The summed E-state index contributed by atoms with van der Waals surface area (Å²) in [6, 6.07) is 16.2. The van der Waals surface area contributed by atoms with Crippen molar-refractivity contribution in [2.45, 2.75) is 26.7 Å². The third-order valence-electron chi connectivity index (χ3n) is 3.27. The predicted molar refractivity (Wildman–Crippen MR) is 94.2 cm³/mol. The van der Waals surface area contributed by atoms with Gasteiger partial charge in [0.1, 0.15) is 0 Å². The lowest BCUT2D eigenvalue weighted by atomic mass is 10.0. The van der Waals surface area contributed by atoms with Crippen LogP contribution >= 0.6 is 0 Å². The van der Waals surface area contributed by atoms with Crippen LogP contribution in [0.15, 0.2) is 48.5 Å². The molecule has 0 spiro atoms. The van der Waals surface area contributed by atoms with Gasteiger partial charge < -0.3 is 14.6 Å². The summed E-state index contributed by atoms with van der Waals surface area (Å²) in [7, 11) is -1.50. The summed E-state index contributed by atoms with van der Waals surface area (Å²) in [6.07, 6.45) is 1.97. The molecule has 0 saturated heterocycles. The molecule has 0 heterocycles. The van der Waals surface area contributed by atoms with E-state index in [-0.39, 0.29) is 0 Å². The van der Waals surface area contributed by atoms with Gasteiger partial charge in [-0.25, -0.2) is 0 Å². The highest BCUT2D eigenvalue weighted by molar-refractivity contribution is 6.63. The Labute approximate surface area is 134 Å². The normalized spacial score (nSPS) is 11.0. The highest BCUT2D eigenvalue weighted by atomic mass is 28.3.